The number of hydrogen-bond acceptors (Lipinski definition) is 0. The van der Waals surface area contributed by atoms with Crippen molar-refractivity contribution in [3.63, 3.8) is 0 Å². The molecular formula is C37H32. The summed E-state index contributed by atoms with van der Waals surface area (Å²) in [6, 6.07) is 31.0. The fourth-order valence-corrected chi connectivity index (χ4v) is 5.42. The number of fused-ring (bicyclic) bond motifs is 3. The van der Waals surface area contributed by atoms with E-state index < -0.39 is 0 Å². The Bertz CT molecular complexity index is 1760. The van der Waals surface area contributed by atoms with Gasteiger partial charge in [0.05, 0.1) is 0 Å². The smallest absolute Gasteiger partial charge is 0.00200 e. The highest BCUT2D eigenvalue weighted by Gasteiger charge is 2.19. The van der Waals surface area contributed by atoms with Gasteiger partial charge in [-0.3, -0.25) is 0 Å². The van der Waals surface area contributed by atoms with Crippen molar-refractivity contribution >= 4 is 37.9 Å². The van der Waals surface area contributed by atoms with Crippen molar-refractivity contribution in [1.29, 1.82) is 0 Å². The quantitative estimate of drug-likeness (QED) is 0.169. The minimum Gasteiger partial charge on any atom is -0.0991 e. The third-order valence-electron chi connectivity index (χ3n) is 6.99. The molecule has 0 unspecified atom stereocenters. The SMILES string of the molecule is C=C\C=C/C(C(=C)C)=C(/C=C\C)c1c2ccccc2c(-c2cccc3ccccc23)c2cc(C)ccc12. The zero-order valence-corrected chi connectivity index (χ0v) is 21.9. The molecule has 5 rings (SSSR count). The standard InChI is InChI=1S/C37H32/c1-6-8-17-28(25(3)4)30(14-7-2)36-32-19-11-12-20-33(32)37(35-24-26(5)22-23-34(35)36)31-21-13-16-27-15-9-10-18-29(27)31/h6-24H,1,3H2,2,4-5H3/b14-7-,17-8-,30-28+. The predicted octanol–water partition coefficient (Wildman–Crippen LogP) is 10.8. The molecule has 0 heteroatoms. The first-order chi connectivity index (χ1) is 18.0. The van der Waals surface area contributed by atoms with Gasteiger partial charge in [-0.25, -0.2) is 0 Å². The highest BCUT2D eigenvalue weighted by molar-refractivity contribution is 6.22. The second kappa shape index (κ2) is 10.3. The van der Waals surface area contributed by atoms with Crippen LogP contribution in [0.2, 0.25) is 0 Å². The molecule has 0 fully saturated rings. The lowest BCUT2D eigenvalue weighted by Gasteiger charge is -2.21. The lowest BCUT2D eigenvalue weighted by molar-refractivity contribution is 1.45. The first-order valence-electron chi connectivity index (χ1n) is 12.8. The molecule has 0 amide bonds. The first kappa shape index (κ1) is 24.3. The molecule has 0 heterocycles. The van der Waals surface area contributed by atoms with Gasteiger partial charge in [0, 0.05) is 0 Å². The number of allylic oxidation sites excluding steroid dienone is 8. The fourth-order valence-electron chi connectivity index (χ4n) is 5.42. The maximum Gasteiger partial charge on any atom is -0.00200 e. The Hall–Kier alpha value is -4.42. The third kappa shape index (κ3) is 4.36. The molecule has 5 aromatic rings. The molecule has 0 aliphatic carbocycles. The van der Waals surface area contributed by atoms with E-state index in [-0.39, 0.29) is 0 Å². The molecule has 0 atom stereocenters. The van der Waals surface area contributed by atoms with Crippen LogP contribution in [0.15, 0.2) is 140 Å². The number of rotatable bonds is 6. The summed E-state index contributed by atoms with van der Waals surface area (Å²) in [4.78, 5) is 0. The van der Waals surface area contributed by atoms with E-state index in [2.05, 4.69) is 137 Å². The van der Waals surface area contributed by atoms with E-state index in [0.29, 0.717) is 0 Å². The van der Waals surface area contributed by atoms with Gasteiger partial charge in [-0.2, -0.15) is 0 Å². The molecule has 0 N–H and O–H groups in total. The van der Waals surface area contributed by atoms with Crippen molar-refractivity contribution < 1.29 is 0 Å². The Labute approximate surface area is 220 Å². The molecule has 0 nitrogen and oxygen atoms in total. The molecule has 0 radical (unpaired) electrons. The van der Waals surface area contributed by atoms with Gasteiger partial charge in [0.1, 0.15) is 0 Å². The molecule has 0 aliphatic heterocycles. The van der Waals surface area contributed by atoms with E-state index >= 15 is 0 Å². The molecule has 0 saturated carbocycles. The van der Waals surface area contributed by atoms with Crippen LogP contribution < -0.4 is 0 Å². The fraction of sp³-hybridized carbons (Fsp3) is 0.0811. The van der Waals surface area contributed by atoms with Crippen LogP contribution in [0, 0.1) is 6.92 Å². The summed E-state index contributed by atoms with van der Waals surface area (Å²) < 4.78 is 0. The molecule has 5 aromatic carbocycles. The van der Waals surface area contributed by atoms with Crippen molar-refractivity contribution in [2.24, 2.45) is 0 Å². The highest BCUT2D eigenvalue weighted by Crippen LogP contribution is 2.45. The Balaban J connectivity index is 2.05. The molecule has 0 aliphatic rings. The van der Waals surface area contributed by atoms with Crippen LogP contribution in [-0.2, 0) is 0 Å². The first-order valence-corrected chi connectivity index (χ1v) is 12.8. The van der Waals surface area contributed by atoms with E-state index in [9.17, 15) is 0 Å². The molecule has 37 heavy (non-hydrogen) atoms. The van der Waals surface area contributed by atoms with Gasteiger partial charge >= 0.3 is 0 Å². The van der Waals surface area contributed by atoms with E-state index in [1.54, 1.807) is 0 Å². The average Bonchev–Trinajstić information content (AvgIpc) is 2.91. The third-order valence-corrected chi connectivity index (χ3v) is 6.99. The number of hydrogen-bond donors (Lipinski definition) is 0. The van der Waals surface area contributed by atoms with Crippen LogP contribution in [0.1, 0.15) is 25.0 Å². The minimum absolute atomic E-state index is 1.02. The maximum absolute atomic E-state index is 4.33. The molecule has 0 spiro atoms. The lowest BCUT2D eigenvalue weighted by Crippen LogP contribution is -1.97. The summed E-state index contributed by atoms with van der Waals surface area (Å²) in [6.07, 6.45) is 10.3. The van der Waals surface area contributed by atoms with Gasteiger partial charge < -0.3 is 0 Å². The van der Waals surface area contributed by atoms with Gasteiger partial charge in [0.25, 0.3) is 0 Å². The Morgan fingerprint density at radius 1 is 0.730 bits per heavy atom. The van der Waals surface area contributed by atoms with Gasteiger partial charge in [-0.15, -0.1) is 0 Å². The Morgan fingerprint density at radius 2 is 1.41 bits per heavy atom. The van der Waals surface area contributed by atoms with Crippen LogP contribution in [0.5, 0.6) is 0 Å². The monoisotopic (exact) mass is 476 g/mol. The van der Waals surface area contributed by atoms with E-state index in [0.717, 1.165) is 11.1 Å². The second-order valence-electron chi connectivity index (χ2n) is 9.57. The number of aryl methyl sites for hydroxylation is 1. The Kier molecular flexibility index (Phi) is 6.75. The van der Waals surface area contributed by atoms with Gasteiger partial charge in [0.2, 0.25) is 0 Å². The zero-order valence-electron chi connectivity index (χ0n) is 21.9. The van der Waals surface area contributed by atoms with Crippen molar-refractivity contribution in [2.75, 3.05) is 0 Å². The van der Waals surface area contributed by atoms with Gasteiger partial charge in [-0.1, -0.05) is 140 Å². The Morgan fingerprint density at radius 3 is 2.14 bits per heavy atom. The van der Waals surface area contributed by atoms with Crippen molar-refractivity contribution in [3.8, 4) is 11.1 Å². The van der Waals surface area contributed by atoms with E-state index in [4.69, 9.17) is 0 Å². The normalized spacial score (nSPS) is 12.6. The summed E-state index contributed by atoms with van der Waals surface area (Å²) >= 11 is 0. The molecule has 0 aromatic heterocycles. The lowest BCUT2D eigenvalue weighted by atomic mass is 9.82. The summed E-state index contributed by atoms with van der Waals surface area (Å²) in [5.74, 6) is 0. The largest absolute Gasteiger partial charge is 0.0991 e. The topological polar surface area (TPSA) is 0 Å². The maximum atomic E-state index is 4.33. The average molecular weight is 477 g/mol. The zero-order chi connectivity index (χ0) is 25.9. The van der Waals surface area contributed by atoms with Crippen LogP contribution in [-0.4, -0.2) is 0 Å². The summed E-state index contributed by atoms with van der Waals surface area (Å²) in [5, 5.41) is 7.52. The summed E-state index contributed by atoms with van der Waals surface area (Å²) in [5.41, 5.74) is 8.34. The van der Waals surface area contributed by atoms with Gasteiger partial charge in [-0.05, 0) is 80.9 Å². The van der Waals surface area contributed by atoms with E-state index in [1.807, 2.05) is 12.2 Å². The highest BCUT2D eigenvalue weighted by atomic mass is 14.2. The molecular weight excluding hydrogens is 444 g/mol. The van der Waals surface area contributed by atoms with Crippen LogP contribution >= 0.6 is 0 Å². The van der Waals surface area contributed by atoms with Crippen LogP contribution in [0.25, 0.3) is 49.0 Å². The summed E-state index contributed by atoms with van der Waals surface area (Å²) in [7, 11) is 0. The van der Waals surface area contributed by atoms with Crippen LogP contribution in [0.4, 0.5) is 0 Å². The predicted molar refractivity (Wildman–Crippen MR) is 165 cm³/mol. The van der Waals surface area contributed by atoms with Crippen molar-refractivity contribution in [2.45, 2.75) is 20.8 Å². The molecule has 0 saturated heterocycles. The summed E-state index contributed by atoms with van der Waals surface area (Å²) in [6.45, 7) is 14.6. The minimum atomic E-state index is 1.02. The van der Waals surface area contributed by atoms with Gasteiger partial charge in [0.15, 0.2) is 0 Å². The number of benzene rings is 5. The van der Waals surface area contributed by atoms with Crippen molar-refractivity contribution in [1.82, 2.24) is 0 Å². The molecule has 0 bridgehead atoms. The van der Waals surface area contributed by atoms with Crippen molar-refractivity contribution in [3.05, 3.63) is 151 Å². The van der Waals surface area contributed by atoms with Crippen LogP contribution in [0.3, 0.4) is 0 Å². The second-order valence-corrected chi connectivity index (χ2v) is 9.57. The van der Waals surface area contributed by atoms with E-state index in [1.165, 1.54) is 60.1 Å². The molecule has 180 valence electrons.